The summed E-state index contributed by atoms with van der Waals surface area (Å²) < 4.78 is 54.0. The van der Waals surface area contributed by atoms with Crippen LogP contribution in [0.3, 0.4) is 0 Å². The molecule has 1 aliphatic heterocycles. The highest BCUT2D eigenvalue weighted by Crippen LogP contribution is 2.33. The molecule has 3 heterocycles. The van der Waals surface area contributed by atoms with Gasteiger partial charge >= 0.3 is 6.18 Å². The van der Waals surface area contributed by atoms with E-state index in [9.17, 15) is 22.4 Å². The van der Waals surface area contributed by atoms with Gasteiger partial charge in [-0.2, -0.15) is 23.5 Å². The maximum absolute atomic E-state index is 13.6. The molecule has 0 unspecified atom stereocenters. The molecule has 0 fully saturated rings. The van der Waals surface area contributed by atoms with Crippen molar-refractivity contribution < 1.29 is 22.4 Å². The molecule has 3 aromatic rings. The normalized spacial score (nSPS) is 15.5. The van der Waals surface area contributed by atoms with E-state index in [1.54, 1.807) is 16.8 Å². The number of aryl methyl sites for hydroxylation is 1. The van der Waals surface area contributed by atoms with E-state index in [0.717, 1.165) is 24.4 Å². The second-order valence-electron chi connectivity index (χ2n) is 6.76. The van der Waals surface area contributed by atoms with Crippen molar-refractivity contribution in [1.82, 2.24) is 20.1 Å². The van der Waals surface area contributed by atoms with Gasteiger partial charge in [0.05, 0.1) is 29.1 Å². The van der Waals surface area contributed by atoms with E-state index in [-0.39, 0.29) is 16.7 Å². The van der Waals surface area contributed by atoms with E-state index in [4.69, 9.17) is 5.26 Å². The molecule has 10 heteroatoms. The zero-order chi connectivity index (χ0) is 21.5. The van der Waals surface area contributed by atoms with Crippen LogP contribution in [-0.4, -0.2) is 20.7 Å². The molecule has 0 bridgehead atoms. The predicted octanol–water partition coefficient (Wildman–Crippen LogP) is 3.85. The van der Waals surface area contributed by atoms with Crippen molar-refractivity contribution in [2.24, 2.45) is 0 Å². The average molecular weight is 415 g/mol. The summed E-state index contributed by atoms with van der Waals surface area (Å²) >= 11 is 0. The Kier molecular flexibility index (Phi) is 4.73. The van der Waals surface area contributed by atoms with Gasteiger partial charge in [-0.1, -0.05) is 0 Å². The summed E-state index contributed by atoms with van der Waals surface area (Å²) in [5, 5.41) is 16.0. The molecule has 1 aromatic carbocycles. The van der Waals surface area contributed by atoms with Gasteiger partial charge in [0.15, 0.2) is 0 Å². The van der Waals surface area contributed by atoms with E-state index in [1.165, 1.54) is 12.1 Å². The first kappa shape index (κ1) is 19.6. The van der Waals surface area contributed by atoms with Crippen LogP contribution in [0.5, 0.6) is 0 Å². The van der Waals surface area contributed by atoms with Gasteiger partial charge in [-0.3, -0.25) is 14.5 Å². The van der Waals surface area contributed by atoms with Gasteiger partial charge in [-0.25, -0.2) is 4.39 Å². The lowest BCUT2D eigenvalue weighted by atomic mass is 10.1. The molecule has 1 amide bonds. The number of hydrogen-bond donors (Lipinski definition) is 1. The Balaban J connectivity index is 1.58. The van der Waals surface area contributed by atoms with Gasteiger partial charge in [0.1, 0.15) is 11.5 Å². The SMILES string of the molecule is N#Cc1cc(F)cc(C(=O)N[C@H]2CCn3nc(-c4ccnc(C(F)(F)F)c4)cc32)c1. The Morgan fingerprint density at radius 2 is 2.03 bits per heavy atom. The topological polar surface area (TPSA) is 83.6 Å². The summed E-state index contributed by atoms with van der Waals surface area (Å²) in [4.78, 5) is 15.9. The number of halogens is 4. The minimum absolute atomic E-state index is 0.00805. The first-order valence-corrected chi connectivity index (χ1v) is 8.87. The molecule has 0 spiro atoms. The smallest absolute Gasteiger partial charge is 0.344 e. The van der Waals surface area contributed by atoms with Crippen LogP contribution in [0.15, 0.2) is 42.6 Å². The van der Waals surface area contributed by atoms with Crippen molar-refractivity contribution in [2.45, 2.75) is 25.2 Å². The maximum atomic E-state index is 13.6. The minimum atomic E-state index is -4.57. The molecule has 30 heavy (non-hydrogen) atoms. The lowest BCUT2D eigenvalue weighted by Gasteiger charge is -2.12. The highest BCUT2D eigenvalue weighted by atomic mass is 19.4. The van der Waals surface area contributed by atoms with Crippen LogP contribution in [0.25, 0.3) is 11.3 Å². The minimum Gasteiger partial charge on any atom is -0.344 e. The van der Waals surface area contributed by atoms with Crippen molar-refractivity contribution in [3.8, 4) is 17.3 Å². The molecule has 0 saturated carbocycles. The lowest BCUT2D eigenvalue weighted by molar-refractivity contribution is -0.141. The van der Waals surface area contributed by atoms with Crippen molar-refractivity contribution in [1.29, 1.82) is 5.26 Å². The molecule has 0 saturated heterocycles. The van der Waals surface area contributed by atoms with Crippen LogP contribution in [-0.2, 0) is 12.7 Å². The van der Waals surface area contributed by atoms with Crippen LogP contribution in [0.1, 0.15) is 39.8 Å². The summed E-state index contributed by atoms with van der Waals surface area (Å²) in [5.41, 5.74) is 0.228. The number of nitrogens with one attached hydrogen (secondary N) is 1. The molecular weight excluding hydrogens is 402 g/mol. The van der Waals surface area contributed by atoms with Crippen molar-refractivity contribution >= 4 is 5.91 Å². The standard InChI is InChI=1S/C20H13F4N5O/c21-14-6-11(10-25)5-13(7-14)19(30)27-15-2-4-29-17(15)9-16(28-29)12-1-3-26-18(8-12)20(22,23)24/h1,3,5-9,15H,2,4H2,(H,27,30)/t15-/m0/s1. The Hall–Kier alpha value is -3.74. The maximum Gasteiger partial charge on any atom is 0.433 e. The number of nitriles is 1. The summed E-state index contributed by atoms with van der Waals surface area (Å²) in [5.74, 6) is -1.26. The van der Waals surface area contributed by atoms with Crippen molar-refractivity contribution in [3.63, 3.8) is 0 Å². The summed E-state index contributed by atoms with van der Waals surface area (Å²) in [6.45, 7) is 0.462. The van der Waals surface area contributed by atoms with Gasteiger partial charge in [0.25, 0.3) is 5.91 Å². The molecule has 4 rings (SSSR count). The third kappa shape index (κ3) is 3.74. The number of benzene rings is 1. The lowest BCUT2D eigenvalue weighted by Crippen LogP contribution is -2.27. The van der Waals surface area contributed by atoms with E-state index in [0.29, 0.717) is 24.4 Å². The number of carbonyl (C=O) groups excluding carboxylic acids is 1. The van der Waals surface area contributed by atoms with Crippen LogP contribution in [0.4, 0.5) is 17.6 Å². The number of alkyl halides is 3. The Morgan fingerprint density at radius 1 is 1.23 bits per heavy atom. The van der Waals surface area contributed by atoms with E-state index in [1.807, 2.05) is 0 Å². The number of amides is 1. The zero-order valence-electron chi connectivity index (χ0n) is 15.2. The Morgan fingerprint density at radius 3 is 2.77 bits per heavy atom. The van der Waals surface area contributed by atoms with Crippen molar-refractivity contribution in [3.05, 3.63) is 70.9 Å². The second-order valence-corrected chi connectivity index (χ2v) is 6.76. The first-order chi connectivity index (χ1) is 14.2. The highest BCUT2D eigenvalue weighted by molar-refractivity contribution is 5.94. The quantitative estimate of drug-likeness (QED) is 0.659. The number of pyridine rings is 1. The Labute approximate surface area is 167 Å². The number of carbonyl (C=O) groups is 1. The molecule has 1 atom stereocenters. The van der Waals surface area contributed by atoms with Crippen LogP contribution in [0.2, 0.25) is 0 Å². The van der Waals surface area contributed by atoms with Gasteiger partial charge in [-0.15, -0.1) is 0 Å². The summed E-state index contributed by atoms with van der Waals surface area (Å²) in [6.07, 6.45) is -2.97. The fraction of sp³-hybridized carbons (Fsp3) is 0.200. The van der Waals surface area contributed by atoms with Crippen LogP contribution < -0.4 is 5.32 Å². The number of aromatic nitrogens is 3. The Bertz CT molecular complexity index is 1180. The molecule has 152 valence electrons. The predicted molar refractivity (Wildman–Crippen MR) is 96.4 cm³/mol. The monoisotopic (exact) mass is 415 g/mol. The fourth-order valence-electron chi connectivity index (χ4n) is 3.35. The molecule has 0 radical (unpaired) electrons. The first-order valence-electron chi connectivity index (χ1n) is 8.87. The zero-order valence-corrected chi connectivity index (χ0v) is 15.2. The van der Waals surface area contributed by atoms with Crippen LogP contribution in [0, 0.1) is 17.1 Å². The molecule has 6 nitrogen and oxygen atoms in total. The van der Waals surface area contributed by atoms with Crippen LogP contribution >= 0.6 is 0 Å². The number of rotatable bonds is 3. The van der Waals surface area contributed by atoms with Gasteiger partial charge in [-0.05, 0) is 42.8 Å². The number of hydrogen-bond acceptors (Lipinski definition) is 4. The molecule has 0 aliphatic carbocycles. The highest BCUT2D eigenvalue weighted by Gasteiger charge is 2.33. The second kappa shape index (κ2) is 7.26. The van der Waals surface area contributed by atoms with Gasteiger partial charge in [0.2, 0.25) is 0 Å². The average Bonchev–Trinajstić information content (AvgIpc) is 3.29. The molecule has 1 N–H and O–H groups in total. The third-order valence-corrected chi connectivity index (χ3v) is 4.74. The van der Waals surface area contributed by atoms with E-state index in [2.05, 4.69) is 15.4 Å². The third-order valence-electron chi connectivity index (χ3n) is 4.74. The van der Waals surface area contributed by atoms with E-state index >= 15 is 0 Å². The van der Waals surface area contributed by atoms with Gasteiger partial charge < -0.3 is 5.32 Å². The summed E-state index contributed by atoms with van der Waals surface area (Å²) in [7, 11) is 0. The van der Waals surface area contributed by atoms with E-state index < -0.39 is 29.6 Å². The van der Waals surface area contributed by atoms with Crippen molar-refractivity contribution in [2.75, 3.05) is 0 Å². The fourth-order valence-corrected chi connectivity index (χ4v) is 3.35. The molecule has 1 aliphatic rings. The largest absolute Gasteiger partial charge is 0.433 e. The molecular formula is C20H13F4N5O. The van der Waals surface area contributed by atoms with Gasteiger partial charge in [0, 0.05) is 23.9 Å². The number of nitrogens with zero attached hydrogens (tertiary/aromatic N) is 4. The number of fused-ring (bicyclic) bond motifs is 1. The molecule has 2 aromatic heterocycles. The summed E-state index contributed by atoms with van der Waals surface area (Å²) in [6, 6.07) is 8.64.